The second-order valence-electron chi connectivity index (χ2n) is 10.8. The van der Waals surface area contributed by atoms with Crippen LogP contribution < -0.4 is 5.32 Å². The van der Waals surface area contributed by atoms with E-state index in [0.717, 1.165) is 42.0 Å². The fourth-order valence-corrected chi connectivity index (χ4v) is 7.26. The van der Waals surface area contributed by atoms with Crippen molar-refractivity contribution in [2.45, 2.75) is 64.3 Å². The van der Waals surface area contributed by atoms with Crippen molar-refractivity contribution in [3.8, 4) is 0 Å². The molecule has 32 heavy (non-hydrogen) atoms. The van der Waals surface area contributed by atoms with Crippen molar-refractivity contribution in [3.05, 3.63) is 65.5 Å². The Balaban J connectivity index is 1.15. The van der Waals surface area contributed by atoms with Gasteiger partial charge in [-0.05, 0) is 98.8 Å². The molecule has 4 heteroatoms. The van der Waals surface area contributed by atoms with Crippen LogP contribution in [0.2, 0.25) is 0 Å². The summed E-state index contributed by atoms with van der Waals surface area (Å²) in [5.74, 6) is 3.40. The highest BCUT2D eigenvalue weighted by atomic mass is 16.3. The number of oxazole rings is 1. The summed E-state index contributed by atoms with van der Waals surface area (Å²) in [5.41, 5.74) is 3.76. The van der Waals surface area contributed by atoms with E-state index in [1.165, 1.54) is 44.1 Å². The second kappa shape index (κ2) is 7.75. The van der Waals surface area contributed by atoms with E-state index in [1.54, 1.807) is 0 Å². The topological polar surface area (TPSA) is 55.1 Å². The summed E-state index contributed by atoms with van der Waals surface area (Å²) in [4.78, 5) is 17.8. The summed E-state index contributed by atoms with van der Waals surface area (Å²) in [6, 6.07) is 16.2. The molecule has 3 aromatic rings. The van der Waals surface area contributed by atoms with Crippen molar-refractivity contribution in [1.29, 1.82) is 0 Å². The number of carbonyl (C=O) groups excluding carboxylic acids is 1. The van der Waals surface area contributed by atoms with Crippen LogP contribution in [0.4, 0.5) is 0 Å². The van der Waals surface area contributed by atoms with Gasteiger partial charge in [0.2, 0.25) is 0 Å². The number of hydrogen-bond donors (Lipinski definition) is 1. The van der Waals surface area contributed by atoms with Gasteiger partial charge in [-0.2, -0.15) is 0 Å². The predicted molar refractivity (Wildman–Crippen MR) is 125 cm³/mol. The molecule has 0 unspecified atom stereocenters. The first-order valence-corrected chi connectivity index (χ1v) is 12.3. The zero-order valence-electron chi connectivity index (χ0n) is 18.8. The minimum Gasteiger partial charge on any atom is -0.441 e. The van der Waals surface area contributed by atoms with Crippen molar-refractivity contribution >= 4 is 17.0 Å². The molecule has 4 bridgehead atoms. The van der Waals surface area contributed by atoms with E-state index in [1.807, 2.05) is 24.3 Å². The predicted octanol–water partition coefficient (Wildman–Crippen LogP) is 5.95. The number of carbonyl (C=O) groups is 1. The van der Waals surface area contributed by atoms with Crippen molar-refractivity contribution in [2.75, 3.05) is 0 Å². The van der Waals surface area contributed by atoms with Crippen molar-refractivity contribution < 1.29 is 9.21 Å². The van der Waals surface area contributed by atoms with Gasteiger partial charge in [0.15, 0.2) is 11.5 Å². The van der Waals surface area contributed by atoms with E-state index in [0.29, 0.717) is 16.6 Å². The van der Waals surface area contributed by atoms with E-state index in [4.69, 9.17) is 4.42 Å². The number of amides is 1. The fourth-order valence-electron chi connectivity index (χ4n) is 7.26. The molecule has 0 radical (unpaired) electrons. The summed E-state index contributed by atoms with van der Waals surface area (Å²) in [6.45, 7) is 2.24. The Kier molecular flexibility index (Phi) is 4.85. The van der Waals surface area contributed by atoms with Crippen LogP contribution in [-0.2, 0) is 12.8 Å². The molecule has 1 N–H and O–H groups in total. The maximum absolute atomic E-state index is 13.1. The molecule has 4 aliphatic carbocycles. The average molecular weight is 429 g/mol. The minimum atomic E-state index is 0.0115. The normalized spacial score (nSPS) is 29.3. The maximum atomic E-state index is 13.1. The Labute approximate surface area is 189 Å². The van der Waals surface area contributed by atoms with Crippen LogP contribution in [0.25, 0.3) is 11.1 Å². The lowest BCUT2D eigenvalue weighted by Gasteiger charge is -2.59. The number of nitrogens with zero attached hydrogens (tertiary/aromatic N) is 1. The third kappa shape index (κ3) is 3.64. The number of hydrogen-bond acceptors (Lipinski definition) is 3. The first-order valence-electron chi connectivity index (χ1n) is 12.3. The summed E-state index contributed by atoms with van der Waals surface area (Å²) in [6.07, 6.45) is 9.82. The van der Waals surface area contributed by atoms with Gasteiger partial charge in [-0.25, -0.2) is 4.98 Å². The number of fused-ring (bicyclic) bond motifs is 1. The summed E-state index contributed by atoms with van der Waals surface area (Å²) >= 11 is 0. The van der Waals surface area contributed by atoms with Gasteiger partial charge in [0.25, 0.3) is 5.91 Å². The van der Waals surface area contributed by atoms with Gasteiger partial charge < -0.3 is 9.73 Å². The Bertz CT molecular complexity index is 1100. The highest BCUT2D eigenvalue weighted by molar-refractivity contribution is 5.97. The largest absolute Gasteiger partial charge is 0.441 e. The summed E-state index contributed by atoms with van der Waals surface area (Å²) < 4.78 is 5.99. The van der Waals surface area contributed by atoms with Crippen LogP contribution in [0.1, 0.15) is 67.3 Å². The molecule has 1 aromatic heterocycles. The first kappa shape index (κ1) is 20.0. The molecule has 4 nitrogen and oxygen atoms in total. The molecule has 2 aromatic carbocycles. The Morgan fingerprint density at radius 2 is 1.72 bits per heavy atom. The number of benzene rings is 2. The van der Waals surface area contributed by atoms with Crippen LogP contribution in [0.15, 0.2) is 52.9 Å². The van der Waals surface area contributed by atoms with Gasteiger partial charge in [-0.3, -0.25) is 4.79 Å². The number of nitrogens with one attached hydrogen (secondary N) is 1. The van der Waals surface area contributed by atoms with Crippen molar-refractivity contribution in [3.63, 3.8) is 0 Å². The van der Waals surface area contributed by atoms with Gasteiger partial charge in [-0.15, -0.1) is 0 Å². The van der Waals surface area contributed by atoms with Gasteiger partial charge in [0.05, 0.1) is 0 Å². The van der Waals surface area contributed by atoms with Crippen LogP contribution in [0.5, 0.6) is 0 Å². The molecule has 7 rings (SSSR count). The molecule has 166 valence electrons. The number of aromatic nitrogens is 1. The van der Waals surface area contributed by atoms with Crippen LogP contribution in [-0.4, -0.2) is 16.9 Å². The monoisotopic (exact) mass is 428 g/mol. The van der Waals surface area contributed by atoms with Crippen LogP contribution in [0, 0.1) is 23.2 Å². The minimum absolute atomic E-state index is 0.0115. The molecule has 1 amide bonds. The molecule has 4 saturated carbocycles. The van der Waals surface area contributed by atoms with Crippen molar-refractivity contribution in [1.82, 2.24) is 10.3 Å². The molecule has 1 atom stereocenters. The van der Waals surface area contributed by atoms with Gasteiger partial charge in [-0.1, -0.05) is 30.3 Å². The van der Waals surface area contributed by atoms with Crippen LogP contribution in [0.3, 0.4) is 0 Å². The second-order valence-corrected chi connectivity index (χ2v) is 10.8. The number of rotatable bonds is 6. The zero-order chi connectivity index (χ0) is 21.7. The Morgan fingerprint density at radius 3 is 2.41 bits per heavy atom. The fraction of sp³-hybridized carbons (Fsp3) is 0.500. The highest BCUT2D eigenvalue weighted by Gasteiger charge is 2.53. The lowest BCUT2D eigenvalue weighted by molar-refractivity contribution is -0.0688. The Morgan fingerprint density at radius 1 is 1.03 bits per heavy atom. The number of aryl methyl sites for hydroxylation is 2. The maximum Gasteiger partial charge on any atom is 0.251 e. The smallest absolute Gasteiger partial charge is 0.251 e. The van der Waals surface area contributed by atoms with E-state index in [9.17, 15) is 4.79 Å². The molecular weight excluding hydrogens is 396 g/mol. The third-order valence-corrected chi connectivity index (χ3v) is 8.52. The lowest BCUT2D eigenvalue weighted by atomic mass is 9.48. The highest BCUT2D eigenvalue weighted by Crippen LogP contribution is 2.61. The van der Waals surface area contributed by atoms with Gasteiger partial charge >= 0.3 is 0 Å². The van der Waals surface area contributed by atoms with E-state index in [2.05, 4.69) is 41.5 Å². The zero-order valence-corrected chi connectivity index (χ0v) is 18.8. The van der Waals surface area contributed by atoms with E-state index in [-0.39, 0.29) is 11.9 Å². The van der Waals surface area contributed by atoms with E-state index < -0.39 is 0 Å². The quantitative estimate of drug-likeness (QED) is 0.528. The molecule has 0 saturated heterocycles. The molecule has 0 spiro atoms. The SMILES string of the molecule is C[C@H](NC(=O)c1ccc2nc(CCc3ccccc3)oc2c1)C12CC3CC(CC(C3)C1)C2. The first-order chi connectivity index (χ1) is 15.6. The molecule has 1 heterocycles. The van der Waals surface area contributed by atoms with Crippen molar-refractivity contribution in [2.24, 2.45) is 23.2 Å². The summed E-state index contributed by atoms with van der Waals surface area (Å²) in [7, 11) is 0. The van der Waals surface area contributed by atoms with E-state index >= 15 is 0 Å². The average Bonchev–Trinajstić information content (AvgIpc) is 3.19. The standard InChI is InChI=1S/C28H32N2O2/c1-18(28-15-20-11-21(16-28)13-22(12-20)17-28)29-27(31)23-8-9-24-25(14-23)32-26(30-24)10-7-19-5-3-2-4-6-19/h2-6,8-9,14,18,20-22H,7,10-13,15-17H2,1H3,(H,29,31)/t18-,20?,21?,22?,28?/m0/s1. The molecule has 4 aliphatic rings. The molecular formula is C28H32N2O2. The van der Waals surface area contributed by atoms with Gasteiger partial charge in [0.1, 0.15) is 5.52 Å². The van der Waals surface area contributed by atoms with Gasteiger partial charge in [0, 0.05) is 18.0 Å². The third-order valence-electron chi connectivity index (χ3n) is 8.52. The lowest BCUT2D eigenvalue weighted by Crippen LogP contribution is -2.55. The Hall–Kier alpha value is -2.62. The molecule has 0 aliphatic heterocycles. The molecule has 4 fully saturated rings. The van der Waals surface area contributed by atoms with Crippen LogP contribution >= 0.6 is 0 Å². The summed E-state index contributed by atoms with van der Waals surface area (Å²) in [5, 5.41) is 3.37.